The molecule has 0 aliphatic heterocycles. The van der Waals surface area contributed by atoms with Crippen molar-refractivity contribution in [1.82, 2.24) is 0 Å². The van der Waals surface area contributed by atoms with Crippen LogP contribution in [-0.2, 0) is 9.59 Å². The maximum atomic E-state index is 12.3. The smallest absolute Gasteiger partial charge is 0.303 e. The van der Waals surface area contributed by atoms with Gasteiger partial charge in [0.1, 0.15) is 5.78 Å². The molecule has 0 heterocycles. The highest BCUT2D eigenvalue weighted by molar-refractivity contribution is 5.84. The van der Waals surface area contributed by atoms with Gasteiger partial charge < -0.3 is 15.3 Å². The highest BCUT2D eigenvalue weighted by Gasteiger charge is 2.43. The fraction of sp³-hybridized carbons (Fsp3) is 0.739. The number of carbonyl (C=O) groups excluding carboxylic acids is 1. The molecule has 3 N–H and O–H groups in total. The van der Waals surface area contributed by atoms with Crippen LogP contribution in [0.5, 0.6) is 0 Å². The number of ketones is 1. The number of carboxylic acid groups (broad SMARTS) is 1. The molecule has 0 bridgehead atoms. The summed E-state index contributed by atoms with van der Waals surface area (Å²) in [5.41, 5.74) is -0.0143. The van der Waals surface area contributed by atoms with E-state index in [1.165, 1.54) is 0 Å². The molecule has 0 aromatic carbocycles. The molecule has 1 unspecified atom stereocenters. The van der Waals surface area contributed by atoms with Gasteiger partial charge in [-0.25, -0.2) is 0 Å². The van der Waals surface area contributed by atoms with E-state index in [4.69, 9.17) is 5.11 Å². The Bertz CT molecular complexity index is 576. The van der Waals surface area contributed by atoms with Gasteiger partial charge in [-0.1, -0.05) is 50.5 Å². The minimum atomic E-state index is -0.797. The number of rotatable bonds is 12. The third kappa shape index (κ3) is 6.02. The lowest BCUT2D eigenvalue weighted by Crippen LogP contribution is -2.40. The number of hydrogen-bond donors (Lipinski definition) is 3. The topological polar surface area (TPSA) is 94.8 Å². The lowest BCUT2D eigenvalue weighted by Gasteiger charge is -2.45. The van der Waals surface area contributed by atoms with Gasteiger partial charge in [-0.15, -0.1) is 0 Å². The van der Waals surface area contributed by atoms with Gasteiger partial charge in [0, 0.05) is 24.7 Å². The molecular weight excluding hydrogens is 356 g/mol. The average Bonchev–Trinajstić information content (AvgIpc) is 2.88. The Hall–Kier alpha value is -1.46. The summed E-state index contributed by atoms with van der Waals surface area (Å²) in [5.74, 6) is -1.25. The van der Waals surface area contributed by atoms with Crippen molar-refractivity contribution in [2.45, 2.75) is 89.8 Å². The van der Waals surface area contributed by atoms with Gasteiger partial charge in [-0.05, 0) is 43.9 Å². The van der Waals surface area contributed by atoms with Crippen LogP contribution in [-0.4, -0.2) is 39.3 Å². The molecule has 2 fully saturated rings. The monoisotopic (exact) mass is 392 g/mol. The Kier molecular flexibility index (Phi) is 8.90. The first-order valence-corrected chi connectivity index (χ1v) is 10.8. The quantitative estimate of drug-likeness (QED) is 0.344. The van der Waals surface area contributed by atoms with Crippen molar-refractivity contribution in [3.05, 3.63) is 24.3 Å². The fourth-order valence-corrected chi connectivity index (χ4v) is 4.55. The Balaban J connectivity index is 1.91. The molecule has 2 saturated carbocycles. The number of carbonyl (C=O) groups is 2. The molecule has 0 radical (unpaired) electrons. The predicted molar refractivity (Wildman–Crippen MR) is 109 cm³/mol. The summed E-state index contributed by atoms with van der Waals surface area (Å²) in [5, 5.41) is 29.7. The molecule has 0 spiro atoms. The van der Waals surface area contributed by atoms with Crippen LogP contribution < -0.4 is 0 Å². The Labute approximate surface area is 168 Å². The third-order valence-corrected chi connectivity index (χ3v) is 6.57. The van der Waals surface area contributed by atoms with E-state index in [0.717, 1.165) is 38.5 Å². The number of aliphatic hydroxyl groups excluding tert-OH is 2. The van der Waals surface area contributed by atoms with Crippen LogP contribution >= 0.6 is 0 Å². The van der Waals surface area contributed by atoms with Crippen molar-refractivity contribution < 1.29 is 24.9 Å². The Morgan fingerprint density at radius 2 is 2.04 bits per heavy atom. The number of unbranched alkanes of at least 4 members (excludes halogenated alkanes) is 2. The number of Topliss-reactive ketones (excluding diaryl/α,β-unsaturated/α-hetero) is 1. The maximum absolute atomic E-state index is 12.3. The lowest BCUT2D eigenvalue weighted by atomic mass is 9.62. The molecule has 158 valence electrons. The van der Waals surface area contributed by atoms with Crippen LogP contribution in [0.2, 0.25) is 0 Å². The van der Waals surface area contributed by atoms with E-state index < -0.39 is 18.2 Å². The van der Waals surface area contributed by atoms with E-state index in [2.05, 4.69) is 6.92 Å². The molecule has 5 nitrogen and oxygen atoms in total. The maximum Gasteiger partial charge on any atom is 0.303 e. The first-order valence-electron chi connectivity index (χ1n) is 10.8. The second kappa shape index (κ2) is 10.9. The van der Waals surface area contributed by atoms with Crippen molar-refractivity contribution in [2.24, 2.45) is 17.3 Å². The summed E-state index contributed by atoms with van der Waals surface area (Å²) in [6, 6.07) is 0. The number of allylic oxidation sites excluding steroid dienone is 2. The minimum absolute atomic E-state index is 0.0143. The predicted octanol–water partition coefficient (Wildman–Crippen LogP) is 4.03. The second-order valence-corrected chi connectivity index (χ2v) is 8.56. The molecule has 0 aromatic heterocycles. The molecule has 2 aliphatic carbocycles. The van der Waals surface area contributed by atoms with Crippen molar-refractivity contribution in [3.63, 3.8) is 0 Å². The highest BCUT2D eigenvalue weighted by atomic mass is 16.4. The van der Waals surface area contributed by atoms with Crippen LogP contribution in [0.25, 0.3) is 0 Å². The van der Waals surface area contributed by atoms with Gasteiger partial charge in [0.25, 0.3) is 0 Å². The number of hydrogen-bond acceptors (Lipinski definition) is 4. The summed E-state index contributed by atoms with van der Waals surface area (Å²) < 4.78 is 0. The molecule has 5 heteroatoms. The van der Waals surface area contributed by atoms with Gasteiger partial charge in [0.05, 0.1) is 12.2 Å². The summed E-state index contributed by atoms with van der Waals surface area (Å²) in [7, 11) is 0. The zero-order valence-electron chi connectivity index (χ0n) is 17.1. The highest BCUT2D eigenvalue weighted by Crippen LogP contribution is 2.48. The largest absolute Gasteiger partial charge is 0.481 e. The van der Waals surface area contributed by atoms with Gasteiger partial charge in [0.2, 0.25) is 0 Å². The number of carboxylic acids is 1. The van der Waals surface area contributed by atoms with E-state index >= 15 is 0 Å². The minimum Gasteiger partial charge on any atom is -0.481 e. The van der Waals surface area contributed by atoms with Gasteiger partial charge in [-0.2, -0.15) is 0 Å². The van der Waals surface area contributed by atoms with E-state index in [1.54, 1.807) is 0 Å². The molecule has 4 atom stereocenters. The van der Waals surface area contributed by atoms with Gasteiger partial charge in [-0.3, -0.25) is 9.59 Å². The van der Waals surface area contributed by atoms with Crippen molar-refractivity contribution in [3.8, 4) is 0 Å². The average molecular weight is 393 g/mol. The van der Waals surface area contributed by atoms with Crippen molar-refractivity contribution in [2.75, 3.05) is 0 Å². The Morgan fingerprint density at radius 3 is 2.64 bits per heavy atom. The van der Waals surface area contributed by atoms with Crippen molar-refractivity contribution >= 4 is 11.8 Å². The van der Waals surface area contributed by atoms with Crippen LogP contribution in [0.15, 0.2) is 24.3 Å². The molecule has 0 aromatic rings. The van der Waals surface area contributed by atoms with Crippen molar-refractivity contribution in [1.29, 1.82) is 0 Å². The summed E-state index contributed by atoms with van der Waals surface area (Å²) in [6.45, 7) is 2.16. The number of aliphatic hydroxyl groups is 2. The fourth-order valence-electron chi connectivity index (χ4n) is 4.55. The molecule has 2 aliphatic rings. The first-order chi connectivity index (χ1) is 13.4. The molecule has 0 saturated heterocycles. The first kappa shape index (κ1) is 22.8. The lowest BCUT2D eigenvalue weighted by molar-refractivity contribution is -0.137. The van der Waals surface area contributed by atoms with E-state index in [-0.39, 0.29) is 35.9 Å². The third-order valence-electron chi connectivity index (χ3n) is 6.57. The SMILES string of the molecule is CCCCC1([C@H](O)/C=C/C2[C@H](O)CC(=O)[C@@H]2C/C=C\CCCC(=O)O)CCC1. The zero-order chi connectivity index (χ0) is 20.6. The standard InChI is InChI=1S/C23H36O5/c1-2-3-13-23(14-8-15-23)21(26)12-11-18-17(19(24)16-20(18)25)9-6-4-5-7-10-22(27)28/h4,6,11-12,17-18,20-21,25-26H,2-3,5,7-10,13-16H2,1H3,(H,27,28)/b6-4-,12-11+/t17-,18?,20-,21-/m1/s1. The van der Waals surface area contributed by atoms with Gasteiger partial charge in [0.15, 0.2) is 0 Å². The summed E-state index contributed by atoms with van der Waals surface area (Å²) in [6.07, 6.45) is 15.0. The normalized spacial score (nSPS) is 28.1. The van der Waals surface area contributed by atoms with Crippen LogP contribution in [0.4, 0.5) is 0 Å². The van der Waals surface area contributed by atoms with Crippen LogP contribution in [0.3, 0.4) is 0 Å². The molecule has 2 rings (SSSR count). The van der Waals surface area contributed by atoms with E-state index in [1.807, 2.05) is 24.3 Å². The summed E-state index contributed by atoms with van der Waals surface area (Å²) >= 11 is 0. The van der Waals surface area contributed by atoms with Crippen LogP contribution in [0, 0.1) is 17.3 Å². The zero-order valence-corrected chi connectivity index (χ0v) is 17.1. The Morgan fingerprint density at radius 1 is 1.29 bits per heavy atom. The molecule has 28 heavy (non-hydrogen) atoms. The second-order valence-electron chi connectivity index (χ2n) is 8.56. The van der Waals surface area contributed by atoms with Crippen LogP contribution in [0.1, 0.15) is 77.6 Å². The molecule has 0 amide bonds. The van der Waals surface area contributed by atoms with Gasteiger partial charge >= 0.3 is 5.97 Å². The molecular formula is C23H36O5. The number of aliphatic carboxylic acids is 1. The van der Waals surface area contributed by atoms with E-state index in [9.17, 15) is 19.8 Å². The summed E-state index contributed by atoms with van der Waals surface area (Å²) in [4.78, 5) is 22.8. The van der Waals surface area contributed by atoms with E-state index in [0.29, 0.717) is 19.3 Å².